The van der Waals surface area contributed by atoms with Gasteiger partial charge in [-0.1, -0.05) is 10.6 Å². The van der Waals surface area contributed by atoms with Crippen LogP contribution >= 0.6 is 11.5 Å². The fourth-order valence-electron chi connectivity index (χ4n) is 1.97. The van der Waals surface area contributed by atoms with E-state index < -0.39 is 0 Å². The highest BCUT2D eigenvalue weighted by molar-refractivity contribution is 7.03. The zero-order valence-corrected chi connectivity index (χ0v) is 11.4. The minimum absolute atomic E-state index is 0.220. The summed E-state index contributed by atoms with van der Waals surface area (Å²) in [6.07, 6.45) is 0. The van der Waals surface area contributed by atoms with Crippen molar-refractivity contribution in [2.45, 2.75) is 19.5 Å². The largest absolute Gasteiger partial charge is 0.486 e. The fraction of sp³-hybridized carbons (Fsp3) is 0.385. The van der Waals surface area contributed by atoms with E-state index in [1.165, 1.54) is 17.1 Å². The van der Waals surface area contributed by atoms with E-state index >= 15 is 0 Å². The molecule has 2 heterocycles. The van der Waals surface area contributed by atoms with Gasteiger partial charge in [0, 0.05) is 18.0 Å². The molecule has 19 heavy (non-hydrogen) atoms. The van der Waals surface area contributed by atoms with Crippen LogP contribution in [0.25, 0.3) is 0 Å². The molecule has 0 spiro atoms. The van der Waals surface area contributed by atoms with Crippen molar-refractivity contribution < 1.29 is 9.47 Å². The SMILES string of the molecule is CC(NCc1csnn1)c1ccc2c(c1)OCCO2. The van der Waals surface area contributed by atoms with Crippen molar-refractivity contribution >= 4 is 11.5 Å². The Kier molecular flexibility index (Phi) is 3.61. The zero-order valence-electron chi connectivity index (χ0n) is 10.6. The maximum Gasteiger partial charge on any atom is 0.161 e. The number of hydrogen-bond acceptors (Lipinski definition) is 6. The molecule has 6 heteroatoms. The monoisotopic (exact) mass is 277 g/mol. The molecule has 1 unspecified atom stereocenters. The highest BCUT2D eigenvalue weighted by Gasteiger charge is 2.14. The van der Waals surface area contributed by atoms with E-state index in [0.717, 1.165) is 17.2 Å². The number of fused-ring (bicyclic) bond motifs is 1. The predicted molar refractivity (Wildman–Crippen MR) is 72.6 cm³/mol. The van der Waals surface area contributed by atoms with Crippen LogP contribution in [-0.2, 0) is 6.54 Å². The van der Waals surface area contributed by atoms with E-state index in [2.05, 4.69) is 27.9 Å². The van der Waals surface area contributed by atoms with E-state index in [-0.39, 0.29) is 6.04 Å². The highest BCUT2D eigenvalue weighted by Crippen LogP contribution is 2.32. The predicted octanol–water partition coefficient (Wildman–Crippen LogP) is 2.16. The van der Waals surface area contributed by atoms with Gasteiger partial charge in [-0.3, -0.25) is 0 Å². The Balaban J connectivity index is 1.67. The minimum atomic E-state index is 0.220. The summed E-state index contributed by atoms with van der Waals surface area (Å²) in [4.78, 5) is 0. The Morgan fingerprint density at radius 3 is 2.95 bits per heavy atom. The molecule has 3 rings (SSSR count). The average Bonchev–Trinajstić information content (AvgIpc) is 2.97. The Morgan fingerprint density at radius 2 is 2.16 bits per heavy atom. The van der Waals surface area contributed by atoms with Crippen molar-refractivity contribution in [3.05, 3.63) is 34.8 Å². The number of aromatic nitrogens is 2. The third-order valence-corrected chi connectivity index (χ3v) is 3.61. The lowest BCUT2D eigenvalue weighted by atomic mass is 10.1. The standard InChI is InChI=1S/C13H15N3O2S/c1-9(14-7-11-8-19-16-15-11)10-2-3-12-13(6-10)18-5-4-17-12/h2-3,6,8-9,14H,4-5,7H2,1H3. The third-order valence-electron chi connectivity index (χ3n) is 3.06. The Labute approximate surface area is 115 Å². The Bertz CT molecular complexity index is 545. The number of nitrogens with zero attached hydrogens (tertiary/aromatic N) is 2. The van der Waals surface area contributed by atoms with Gasteiger partial charge in [-0.2, -0.15) is 0 Å². The summed E-state index contributed by atoms with van der Waals surface area (Å²) in [6.45, 7) is 4.07. The molecule has 1 aliphatic heterocycles. The quantitative estimate of drug-likeness (QED) is 0.928. The van der Waals surface area contributed by atoms with Crippen molar-refractivity contribution in [2.24, 2.45) is 0 Å². The van der Waals surface area contributed by atoms with Crippen molar-refractivity contribution in [2.75, 3.05) is 13.2 Å². The summed E-state index contributed by atoms with van der Waals surface area (Å²) in [7, 11) is 0. The molecule has 1 aliphatic rings. The van der Waals surface area contributed by atoms with Gasteiger partial charge in [0.1, 0.15) is 13.2 Å². The maximum atomic E-state index is 5.59. The normalized spacial score (nSPS) is 15.2. The molecule has 1 aromatic heterocycles. The van der Waals surface area contributed by atoms with Gasteiger partial charge in [0.05, 0.1) is 5.69 Å². The number of hydrogen-bond donors (Lipinski definition) is 1. The summed E-state index contributed by atoms with van der Waals surface area (Å²) in [6, 6.07) is 6.28. The summed E-state index contributed by atoms with van der Waals surface area (Å²) < 4.78 is 15.0. The molecule has 0 saturated heterocycles. The van der Waals surface area contributed by atoms with E-state index in [1.807, 2.05) is 17.5 Å². The van der Waals surface area contributed by atoms with Gasteiger partial charge in [-0.05, 0) is 36.2 Å². The van der Waals surface area contributed by atoms with Gasteiger partial charge in [0.2, 0.25) is 0 Å². The van der Waals surface area contributed by atoms with Crippen molar-refractivity contribution in [1.29, 1.82) is 0 Å². The van der Waals surface area contributed by atoms with E-state index in [4.69, 9.17) is 9.47 Å². The molecule has 0 bridgehead atoms. The Morgan fingerprint density at radius 1 is 1.32 bits per heavy atom. The number of rotatable bonds is 4. The van der Waals surface area contributed by atoms with E-state index in [9.17, 15) is 0 Å². The summed E-state index contributed by atoms with van der Waals surface area (Å²) in [5.41, 5.74) is 2.14. The molecule has 0 aliphatic carbocycles. The summed E-state index contributed by atoms with van der Waals surface area (Å²) in [5.74, 6) is 1.65. The molecule has 0 fully saturated rings. The van der Waals surface area contributed by atoms with Crippen LogP contribution in [0.1, 0.15) is 24.2 Å². The zero-order chi connectivity index (χ0) is 13.1. The molecular weight excluding hydrogens is 262 g/mol. The Hall–Kier alpha value is -1.66. The van der Waals surface area contributed by atoms with Gasteiger partial charge in [0.15, 0.2) is 11.5 Å². The maximum absolute atomic E-state index is 5.59. The van der Waals surface area contributed by atoms with Gasteiger partial charge < -0.3 is 14.8 Å². The molecular formula is C13H15N3O2S. The van der Waals surface area contributed by atoms with Crippen LogP contribution in [0.5, 0.6) is 11.5 Å². The van der Waals surface area contributed by atoms with Crippen molar-refractivity contribution in [3.8, 4) is 11.5 Å². The lowest BCUT2D eigenvalue weighted by Gasteiger charge is -2.21. The van der Waals surface area contributed by atoms with Crippen LogP contribution in [0.2, 0.25) is 0 Å². The van der Waals surface area contributed by atoms with Crippen LogP contribution in [0.4, 0.5) is 0 Å². The molecule has 2 aromatic rings. The number of nitrogens with one attached hydrogen (secondary N) is 1. The smallest absolute Gasteiger partial charge is 0.161 e. The first-order valence-corrected chi connectivity index (χ1v) is 7.05. The van der Waals surface area contributed by atoms with Gasteiger partial charge in [-0.15, -0.1) is 5.10 Å². The highest BCUT2D eigenvalue weighted by atomic mass is 32.1. The molecule has 100 valence electrons. The van der Waals surface area contributed by atoms with Crippen molar-refractivity contribution in [1.82, 2.24) is 14.9 Å². The van der Waals surface area contributed by atoms with Crippen LogP contribution < -0.4 is 14.8 Å². The van der Waals surface area contributed by atoms with Crippen molar-refractivity contribution in [3.63, 3.8) is 0 Å². The van der Waals surface area contributed by atoms with Gasteiger partial charge in [0.25, 0.3) is 0 Å². The van der Waals surface area contributed by atoms with Crippen LogP contribution in [0.3, 0.4) is 0 Å². The molecule has 0 amide bonds. The van der Waals surface area contributed by atoms with Gasteiger partial charge in [-0.25, -0.2) is 0 Å². The van der Waals surface area contributed by atoms with Crippen LogP contribution in [-0.4, -0.2) is 22.8 Å². The number of ether oxygens (including phenoxy) is 2. The number of benzene rings is 1. The second-order valence-electron chi connectivity index (χ2n) is 4.40. The molecule has 5 nitrogen and oxygen atoms in total. The molecule has 1 atom stereocenters. The summed E-state index contributed by atoms with van der Waals surface area (Å²) in [5, 5.41) is 9.38. The first-order chi connectivity index (χ1) is 9.33. The lowest BCUT2D eigenvalue weighted by molar-refractivity contribution is 0.171. The first-order valence-electron chi connectivity index (χ1n) is 6.22. The fourth-order valence-corrected chi connectivity index (χ4v) is 2.42. The third kappa shape index (κ3) is 2.85. The van der Waals surface area contributed by atoms with Crippen LogP contribution in [0, 0.1) is 0 Å². The van der Waals surface area contributed by atoms with E-state index in [0.29, 0.717) is 19.8 Å². The second kappa shape index (κ2) is 5.54. The summed E-state index contributed by atoms with van der Waals surface area (Å²) >= 11 is 1.37. The van der Waals surface area contributed by atoms with Crippen LogP contribution in [0.15, 0.2) is 23.6 Å². The topological polar surface area (TPSA) is 56.3 Å². The molecule has 1 aromatic carbocycles. The first kappa shape index (κ1) is 12.4. The van der Waals surface area contributed by atoms with Gasteiger partial charge >= 0.3 is 0 Å². The molecule has 0 radical (unpaired) electrons. The minimum Gasteiger partial charge on any atom is -0.486 e. The second-order valence-corrected chi connectivity index (χ2v) is 5.01. The van der Waals surface area contributed by atoms with E-state index in [1.54, 1.807) is 0 Å². The lowest BCUT2D eigenvalue weighted by Crippen LogP contribution is -2.19. The molecule has 0 saturated carbocycles. The average molecular weight is 277 g/mol. The molecule has 1 N–H and O–H groups in total.